The first-order valence-corrected chi connectivity index (χ1v) is 9.49. The first-order chi connectivity index (χ1) is 13.1. The lowest BCUT2D eigenvalue weighted by Gasteiger charge is -2.34. The first kappa shape index (κ1) is 19.1. The van der Waals surface area contributed by atoms with Crippen molar-refractivity contribution < 1.29 is 14.7 Å². The van der Waals surface area contributed by atoms with Crippen LogP contribution in [0.15, 0.2) is 60.7 Å². The molecule has 0 aliphatic carbocycles. The lowest BCUT2D eigenvalue weighted by atomic mass is 9.87. The van der Waals surface area contributed by atoms with Gasteiger partial charge in [0.2, 0.25) is 5.91 Å². The van der Waals surface area contributed by atoms with Gasteiger partial charge in [0, 0.05) is 31.6 Å². The zero-order chi connectivity index (χ0) is 19.1. The number of carbonyl (C=O) groups excluding carboxylic acids is 2. The van der Waals surface area contributed by atoms with Gasteiger partial charge in [-0.3, -0.25) is 9.59 Å². The summed E-state index contributed by atoms with van der Waals surface area (Å²) >= 11 is 0. The summed E-state index contributed by atoms with van der Waals surface area (Å²) in [5, 5.41) is 13.3. The number of nitrogens with zero attached hydrogens (tertiary/aromatic N) is 1. The highest BCUT2D eigenvalue weighted by Crippen LogP contribution is 2.30. The lowest BCUT2D eigenvalue weighted by molar-refractivity contribution is -0.133. The van der Waals surface area contributed by atoms with E-state index >= 15 is 0 Å². The minimum atomic E-state index is -0.478. The molecule has 5 heteroatoms. The molecule has 2 aromatic carbocycles. The quantitative estimate of drug-likeness (QED) is 0.826. The third-order valence-electron chi connectivity index (χ3n) is 5.14. The summed E-state index contributed by atoms with van der Waals surface area (Å²) < 4.78 is 0. The van der Waals surface area contributed by atoms with Crippen LogP contribution < -0.4 is 5.32 Å². The average molecular weight is 366 g/mol. The van der Waals surface area contributed by atoms with E-state index in [4.69, 9.17) is 0 Å². The van der Waals surface area contributed by atoms with Crippen molar-refractivity contribution in [3.63, 3.8) is 0 Å². The molecule has 5 nitrogen and oxygen atoms in total. The summed E-state index contributed by atoms with van der Waals surface area (Å²) in [7, 11) is 0. The standard InChI is InChI=1S/C22H26N2O3/c25-20(11-14-23-22(27)19-9-5-2-6-10-19)24-15-12-18(13-16-24)21(26)17-7-3-1-4-8-17/h1-10,18,21,26H,11-16H2,(H,23,27). The molecule has 3 rings (SSSR count). The molecule has 0 saturated carbocycles. The van der Waals surface area contributed by atoms with E-state index in [1.807, 2.05) is 53.4 Å². The second-order valence-corrected chi connectivity index (χ2v) is 6.95. The van der Waals surface area contributed by atoms with Crippen LogP contribution >= 0.6 is 0 Å². The van der Waals surface area contributed by atoms with Gasteiger partial charge in [-0.15, -0.1) is 0 Å². The number of rotatable bonds is 6. The van der Waals surface area contributed by atoms with Crippen molar-refractivity contribution >= 4 is 11.8 Å². The van der Waals surface area contributed by atoms with Gasteiger partial charge in [-0.05, 0) is 36.5 Å². The summed E-state index contributed by atoms with van der Waals surface area (Å²) in [6.45, 7) is 1.64. The Morgan fingerprint density at radius 2 is 1.59 bits per heavy atom. The van der Waals surface area contributed by atoms with Crippen molar-refractivity contribution in [2.45, 2.75) is 25.4 Å². The molecule has 1 fully saturated rings. The second-order valence-electron chi connectivity index (χ2n) is 6.95. The topological polar surface area (TPSA) is 69.6 Å². The van der Waals surface area contributed by atoms with Crippen LogP contribution in [0.2, 0.25) is 0 Å². The van der Waals surface area contributed by atoms with E-state index in [0.29, 0.717) is 31.6 Å². The molecule has 1 heterocycles. The number of hydrogen-bond acceptors (Lipinski definition) is 3. The number of amides is 2. The highest BCUT2D eigenvalue weighted by Gasteiger charge is 2.28. The molecule has 1 saturated heterocycles. The molecule has 0 bridgehead atoms. The van der Waals surface area contributed by atoms with Gasteiger partial charge in [0.15, 0.2) is 0 Å². The van der Waals surface area contributed by atoms with E-state index < -0.39 is 6.10 Å². The number of carbonyl (C=O) groups is 2. The van der Waals surface area contributed by atoms with Gasteiger partial charge in [-0.25, -0.2) is 0 Å². The number of benzene rings is 2. The number of likely N-dealkylation sites (tertiary alicyclic amines) is 1. The van der Waals surface area contributed by atoms with Gasteiger partial charge in [0.1, 0.15) is 0 Å². The highest BCUT2D eigenvalue weighted by atomic mass is 16.3. The number of aliphatic hydroxyl groups excluding tert-OH is 1. The molecule has 2 aromatic rings. The Balaban J connectivity index is 1.40. The third-order valence-corrected chi connectivity index (χ3v) is 5.14. The maximum absolute atomic E-state index is 12.4. The van der Waals surface area contributed by atoms with Crippen LogP contribution in [0.4, 0.5) is 0 Å². The first-order valence-electron chi connectivity index (χ1n) is 9.49. The zero-order valence-electron chi connectivity index (χ0n) is 15.4. The smallest absolute Gasteiger partial charge is 0.251 e. The maximum Gasteiger partial charge on any atom is 0.251 e. The zero-order valence-corrected chi connectivity index (χ0v) is 15.4. The van der Waals surface area contributed by atoms with E-state index in [9.17, 15) is 14.7 Å². The fourth-order valence-corrected chi connectivity index (χ4v) is 3.52. The molecule has 27 heavy (non-hydrogen) atoms. The molecule has 2 N–H and O–H groups in total. The summed E-state index contributed by atoms with van der Waals surface area (Å²) in [5.41, 5.74) is 1.53. The minimum Gasteiger partial charge on any atom is -0.388 e. The molecule has 1 aliphatic rings. The van der Waals surface area contributed by atoms with Gasteiger partial charge in [0.05, 0.1) is 6.10 Å². The van der Waals surface area contributed by atoms with Crippen LogP contribution in [0.25, 0.3) is 0 Å². The van der Waals surface area contributed by atoms with Crippen molar-refractivity contribution in [2.75, 3.05) is 19.6 Å². The number of nitrogens with one attached hydrogen (secondary N) is 1. The van der Waals surface area contributed by atoms with Crippen LogP contribution in [0.5, 0.6) is 0 Å². The summed E-state index contributed by atoms with van der Waals surface area (Å²) in [5.74, 6) is 0.0679. The summed E-state index contributed by atoms with van der Waals surface area (Å²) in [6.07, 6.45) is 1.40. The van der Waals surface area contributed by atoms with E-state index in [2.05, 4.69) is 5.32 Å². The van der Waals surface area contributed by atoms with Crippen molar-refractivity contribution in [1.29, 1.82) is 0 Å². The van der Waals surface area contributed by atoms with Crippen LogP contribution in [-0.4, -0.2) is 41.5 Å². The number of piperidine rings is 1. The third kappa shape index (κ3) is 5.17. The Hall–Kier alpha value is -2.66. The van der Waals surface area contributed by atoms with Crippen LogP contribution in [0.1, 0.15) is 41.3 Å². The maximum atomic E-state index is 12.4. The van der Waals surface area contributed by atoms with Crippen molar-refractivity contribution in [2.24, 2.45) is 5.92 Å². The van der Waals surface area contributed by atoms with Gasteiger partial charge >= 0.3 is 0 Å². The number of hydrogen-bond donors (Lipinski definition) is 2. The van der Waals surface area contributed by atoms with Crippen molar-refractivity contribution in [1.82, 2.24) is 10.2 Å². The molecule has 1 atom stereocenters. The van der Waals surface area contributed by atoms with E-state index in [-0.39, 0.29) is 17.7 Å². The van der Waals surface area contributed by atoms with E-state index in [1.54, 1.807) is 12.1 Å². The monoisotopic (exact) mass is 366 g/mol. The Morgan fingerprint density at radius 1 is 1.00 bits per heavy atom. The average Bonchev–Trinajstić information content (AvgIpc) is 2.74. The van der Waals surface area contributed by atoms with E-state index in [1.165, 1.54) is 0 Å². The highest BCUT2D eigenvalue weighted by molar-refractivity contribution is 5.94. The molecule has 0 aromatic heterocycles. The van der Waals surface area contributed by atoms with E-state index in [0.717, 1.165) is 18.4 Å². The normalized spacial score (nSPS) is 16.0. The fraction of sp³-hybridized carbons (Fsp3) is 0.364. The molecule has 0 radical (unpaired) electrons. The van der Waals surface area contributed by atoms with Gasteiger partial charge in [-0.2, -0.15) is 0 Å². The Kier molecular flexibility index (Phi) is 6.60. The van der Waals surface area contributed by atoms with Crippen LogP contribution in [0, 0.1) is 5.92 Å². The van der Waals surface area contributed by atoms with Crippen LogP contribution in [0.3, 0.4) is 0 Å². The van der Waals surface area contributed by atoms with Gasteiger partial charge < -0.3 is 15.3 Å². The predicted molar refractivity (Wildman–Crippen MR) is 104 cm³/mol. The lowest BCUT2D eigenvalue weighted by Crippen LogP contribution is -2.41. The predicted octanol–water partition coefficient (Wildman–Crippen LogP) is 2.78. The summed E-state index contributed by atoms with van der Waals surface area (Å²) in [4.78, 5) is 26.2. The van der Waals surface area contributed by atoms with Crippen molar-refractivity contribution in [3.05, 3.63) is 71.8 Å². The molecule has 142 valence electrons. The van der Waals surface area contributed by atoms with Crippen LogP contribution in [-0.2, 0) is 4.79 Å². The molecular formula is C22H26N2O3. The molecule has 1 unspecified atom stereocenters. The van der Waals surface area contributed by atoms with Gasteiger partial charge in [0.25, 0.3) is 5.91 Å². The Morgan fingerprint density at radius 3 is 2.22 bits per heavy atom. The fourth-order valence-electron chi connectivity index (χ4n) is 3.52. The Labute approximate surface area is 160 Å². The largest absolute Gasteiger partial charge is 0.388 e. The molecular weight excluding hydrogens is 340 g/mol. The van der Waals surface area contributed by atoms with Crippen molar-refractivity contribution in [3.8, 4) is 0 Å². The second kappa shape index (κ2) is 9.33. The molecule has 1 aliphatic heterocycles. The molecule has 0 spiro atoms. The van der Waals surface area contributed by atoms with Gasteiger partial charge in [-0.1, -0.05) is 48.5 Å². The minimum absolute atomic E-state index is 0.0519. The SMILES string of the molecule is O=C(NCCC(=O)N1CCC(C(O)c2ccccc2)CC1)c1ccccc1. The Bertz CT molecular complexity index is 741. The summed E-state index contributed by atoms with van der Waals surface area (Å²) in [6, 6.07) is 18.7. The molecule has 2 amide bonds. The number of aliphatic hydroxyl groups is 1.